The van der Waals surface area contributed by atoms with Crippen LogP contribution in [0.15, 0.2) is 12.2 Å². The molecule has 0 unspecified atom stereocenters. The van der Waals surface area contributed by atoms with Crippen LogP contribution in [0.1, 0.15) is 90.4 Å². The monoisotopic (exact) mass is 400 g/mol. The molecule has 28 heavy (non-hydrogen) atoms. The zero-order valence-corrected chi connectivity index (χ0v) is 17.9. The van der Waals surface area contributed by atoms with Gasteiger partial charge in [-0.15, -0.1) is 0 Å². The van der Waals surface area contributed by atoms with Crippen molar-refractivity contribution >= 4 is 0 Å². The van der Waals surface area contributed by atoms with E-state index in [2.05, 4.69) is 19.1 Å². The van der Waals surface area contributed by atoms with Crippen LogP contribution in [0.5, 0.6) is 0 Å². The van der Waals surface area contributed by atoms with Gasteiger partial charge in [0, 0.05) is 6.61 Å². The topological polar surface area (TPSA) is 79.2 Å². The highest BCUT2D eigenvalue weighted by atomic mass is 16.6. The van der Waals surface area contributed by atoms with E-state index in [0.29, 0.717) is 6.61 Å². The zero-order valence-electron chi connectivity index (χ0n) is 17.9. The predicted molar refractivity (Wildman–Crippen MR) is 113 cm³/mol. The fourth-order valence-corrected chi connectivity index (χ4v) is 3.61. The zero-order chi connectivity index (χ0) is 20.5. The highest BCUT2D eigenvalue weighted by Gasteiger charge is 2.40. The van der Waals surface area contributed by atoms with E-state index in [-0.39, 0.29) is 6.61 Å². The van der Waals surface area contributed by atoms with Gasteiger partial charge < -0.3 is 24.8 Å². The number of hydrogen-bond donors (Lipinski definition) is 3. The molecule has 1 fully saturated rings. The maximum Gasteiger partial charge on any atom is 0.114 e. The molecule has 0 aromatic carbocycles. The van der Waals surface area contributed by atoms with Crippen LogP contribution in [0.3, 0.4) is 0 Å². The second-order valence-electron chi connectivity index (χ2n) is 8.03. The highest BCUT2D eigenvalue weighted by Crippen LogP contribution is 2.20. The number of aliphatic hydroxyl groups excluding tert-OH is 3. The van der Waals surface area contributed by atoms with Gasteiger partial charge in [-0.2, -0.15) is 0 Å². The molecular formula is C23H44O5. The van der Waals surface area contributed by atoms with Gasteiger partial charge in [-0.1, -0.05) is 70.4 Å². The summed E-state index contributed by atoms with van der Waals surface area (Å²) >= 11 is 0. The Morgan fingerprint density at radius 2 is 1.50 bits per heavy atom. The molecule has 1 aliphatic rings. The van der Waals surface area contributed by atoms with Crippen LogP contribution in [-0.2, 0) is 9.47 Å². The lowest BCUT2D eigenvalue weighted by Gasteiger charge is -2.20. The van der Waals surface area contributed by atoms with Crippen LogP contribution >= 0.6 is 0 Å². The lowest BCUT2D eigenvalue weighted by atomic mass is 10.1. The van der Waals surface area contributed by atoms with Gasteiger partial charge in [-0.3, -0.25) is 0 Å². The minimum Gasteiger partial charge on any atom is -0.394 e. The molecule has 166 valence electrons. The average Bonchev–Trinajstić information content (AvgIpc) is 3.07. The molecule has 1 aliphatic heterocycles. The Balaban J connectivity index is 1.85. The van der Waals surface area contributed by atoms with Gasteiger partial charge in [0.25, 0.3) is 0 Å². The van der Waals surface area contributed by atoms with E-state index in [9.17, 15) is 10.2 Å². The Bertz CT molecular complexity index is 374. The molecule has 0 aromatic heterocycles. The van der Waals surface area contributed by atoms with Crippen LogP contribution < -0.4 is 0 Å². The Labute approximate surface area is 172 Å². The molecule has 0 aliphatic carbocycles. The van der Waals surface area contributed by atoms with Gasteiger partial charge in [0.1, 0.15) is 24.4 Å². The summed E-state index contributed by atoms with van der Waals surface area (Å²) in [6, 6.07) is 0. The second kappa shape index (κ2) is 17.4. The van der Waals surface area contributed by atoms with Crippen molar-refractivity contribution in [3.05, 3.63) is 12.2 Å². The molecular weight excluding hydrogens is 356 g/mol. The average molecular weight is 401 g/mol. The SMILES string of the molecule is CCCCCCCC/C=C/CCCCCCCO[C@H]1CO[C@H]([C@H](O)CO)[C@@H]1O. The summed E-state index contributed by atoms with van der Waals surface area (Å²) in [6.07, 6.45) is 18.1. The van der Waals surface area contributed by atoms with E-state index in [1.54, 1.807) is 0 Å². The number of hydrogen-bond acceptors (Lipinski definition) is 5. The second-order valence-corrected chi connectivity index (χ2v) is 8.03. The van der Waals surface area contributed by atoms with Crippen LogP contribution in [0, 0.1) is 0 Å². The lowest BCUT2D eigenvalue weighted by Crippen LogP contribution is -2.41. The minimum absolute atomic E-state index is 0.272. The number of ether oxygens (including phenoxy) is 2. The summed E-state index contributed by atoms with van der Waals surface area (Å²) in [4.78, 5) is 0. The van der Waals surface area contributed by atoms with Crippen molar-refractivity contribution in [2.24, 2.45) is 0 Å². The van der Waals surface area contributed by atoms with E-state index in [1.165, 1.54) is 70.6 Å². The van der Waals surface area contributed by atoms with Gasteiger partial charge in [-0.05, 0) is 32.1 Å². The van der Waals surface area contributed by atoms with E-state index in [0.717, 1.165) is 12.8 Å². The smallest absolute Gasteiger partial charge is 0.114 e. The molecule has 3 N–H and O–H groups in total. The van der Waals surface area contributed by atoms with Crippen molar-refractivity contribution in [3.63, 3.8) is 0 Å². The number of aliphatic hydroxyl groups is 3. The first-order valence-corrected chi connectivity index (χ1v) is 11.6. The van der Waals surface area contributed by atoms with Crippen LogP contribution in [-0.4, -0.2) is 59.6 Å². The summed E-state index contributed by atoms with van der Waals surface area (Å²) in [7, 11) is 0. The van der Waals surface area contributed by atoms with Crippen molar-refractivity contribution in [3.8, 4) is 0 Å². The number of allylic oxidation sites excluding steroid dienone is 2. The first kappa shape index (κ1) is 25.6. The lowest BCUT2D eigenvalue weighted by molar-refractivity contribution is -0.0730. The third kappa shape index (κ3) is 11.5. The fourth-order valence-electron chi connectivity index (χ4n) is 3.61. The molecule has 0 spiro atoms. The molecule has 5 heteroatoms. The summed E-state index contributed by atoms with van der Waals surface area (Å²) in [5.74, 6) is 0. The number of unbranched alkanes of at least 4 members (excludes halogenated alkanes) is 11. The van der Waals surface area contributed by atoms with Gasteiger partial charge in [0.05, 0.1) is 13.2 Å². The van der Waals surface area contributed by atoms with Crippen molar-refractivity contribution in [2.75, 3.05) is 19.8 Å². The summed E-state index contributed by atoms with van der Waals surface area (Å²) < 4.78 is 11.0. The van der Waals surface area contributed by atoms with Crippen LogP contribution in [0.2, 0.25) is 0 Å². The van der Waals surface area contributed by atoms with Gasteiger partial charge in [-0.25, -0.2) is 0 Å². The molecule has 0 bridgehead atoms. The maximum absolute atomic E-state index is 10.0. The van der Waals surface area contributed by atoms with E-state index in [1.807, 2.05) is 0 Å². The third-order valence-corrected chi connectivity index (χ3v) is 5.47. The molecule has 0 amide bonds. The highest BCUT2D eigenvalue weighted by molar-refractivity contribution is 4.88. The predicted octanol–water partition coefficient (Wildman–Crippen LogP) is 4.13. The quantitative estimate of drug-likeness (QED) is 0.238. The Hall–Kier alpha value is -0.460. The summed E-state index contributed by atoms with van der Waals surface area (Å²) in [5.41, 5.74) is 0. The first-order chi connectivity index (χ1) is 13.7. The summed E-state index contributed by atoms with van der Waals surface area (Å²) in [5, 5.41) is 28.5. The third-order valence-electron chi connectivity index (χ3n) is 5.47. The molecule has 1 saturated heterocycles. The number of rotatable bonds is 18. The summed E-state index contributed by atoms with van der Waals surface area (Å²) in [6.45, 7) is 2.72. The molecule has 5 nitrogen and oxygen atoms in total. The van der Waals surface area contributed by atoms with Crippen molar-refractivity contribution in [1.29, 1.82) is 0 Å². The van der Waals surface area contributed by atoms with E-state index >= 15 is 0 Å². The largest absolute Gasteiger partial charge is 0.394 e. The van der Waals surface area contributed by atoms with Gasteiger partial charge >= 0.3 is 0 Å². The van der Waals surface area contributed by atoms with Crippen molar-refractivity contribution < 1.29 is 24.8 Å². The molecule has 0 aromatic rings. The Morgan fingerprint density at radius 3 is 2.11 bits per heavy atom. The van der Waals surface area contributed by atoms with Gasteiger partial charge in [0.15, 0.2) is 0 Å². The minimum atomic E-state index is -1.05. The maximum atomic E-state index is 10.0. The molecule has 0 saturated carbocycles. The van der Waals surface area contributed by atoms with E-state index in [4.69, 9.17) is 14.6 Å². The van der Waals surface area contributed by atoms with Crippen molar-refractivity contribution in [2.45, 2.75) is 115 Å². The normalized spacial score (nSPS) is 23.6. The molecule has 1 rings (SSSR count). The van der Waals surface area contributed by atoms with E-state index < -0.39 is 31.0 Å². The van der Waals surface area contributed by atoms with Gasteiger partial charge in [0.2, 0.25) is 0 Å². The standard InChI is InChI=1S/C23H44O5/c1-2-3-4-5-6-7-8-9-10-11-12-13-14-15-16-17-27-21-19-28-23(22(21)26)20(25)18-24/h9-10,20-26H,2-8,11-19H2,1H3/b10-9+/t20-,21+,22-,23-/m1/s1. The molecule has 4 atom stereocenters. The van der Waals surface area contributed by atoms with Crippen molar-refractivity contribution in [1.82, 2.24) is 0 Å². The first-order valence-electron chi connectivity index (χ1n) is 11.6. The molecule has 1 heterocycles. The van der Waals surface area contributed by atoms with Crippen LogP contribution in [0.4, 0.5) is 0 Å². The Kier molecular flexibility index (Phi) is 15.9. The Morgan fingerprint density at radius 1 is 0.929 bits per heavy atom. The fraction of sp³-hybridized carbons (Fsp3) is 0.913. The van der Waals surface area contributed by atoms with Crippen LogP contribution in [0.25, 0.3) is 0 Å². The molecule has 0 radical (unpaired) electrons.